The number of hydrogen-bond donors (Lipinski definition) is 2. The summed E-state index contributed by atoms with van der Waals surface area (Å²) in [5, 5.41) is 5.61. The molecule has 1 heterocycles. The van der Waals surface area contributed by atoms with Gasteiger partial charge in [-0.15, -0.1) is 6.58 Å². The van der Waals surface area contributed by atoms with Crippen molar-refractivity contribution in [1.82, 2.24) is 10.3 Å². The van der Waals surface area contributed by atoms with Gasteiger partial charge in [-0.25, -0.2) is 4.98 Å². The normalized spacial score (nSPS) is 10.2. The smallest absolute Gasteiger partial charge is 0.274 e. The highest BCUT2D eigenvalue weighted by atomic mass is 16.2. The third-order valence-corrected chi connectivity index (χ3v) is 3.86. The van der Waals surface area contributed by atoms with E-state index in [0.29, 0.717) is 6.54 Å². The fraction of sp³-hybridized carbons (Fsp3) is 0.250. The fourth-order valence-electron chi connectivity index (χ4n) is 2.52. The first-order valence-corrected chi connectivity index (χ1v) is 8.38. The van der Waals surface area contributed by atoms with Gasteiger partial charge >= 0.3 is 0 Å². The van der Waals surface area contributed by atoms with Crippen LogP contribution in [0.1, 0.15) is 46.0 Å². The highest BCUT2D eigenvalue weighted by Crippen LogP contribution is 2.23. The number of nitrogens with zero attached hydrogens (tertiary/aromatic N) is 1. The van der Waals surface area contributed by atoms with Crippen molar-refractivity contribution in [2.24, 2.45) is 0 Å². The number of aryl methyl sites for hydroxylation is 2. The van der Waals surface area contributed by atoms with Gasteiger partial charge in [0, 0.05) is 12.2 Å². The largest absolute Gasteiger partial charge is 0.347 e. The number of nitrogens with one attached hydrogen (secondary N) is 2. The quantitative estimate of drug-likeness (QED) is 0.761. The van der Waals surface area contributed by atoms with Gasteiger partial charge in [0.15, 0.2) is 0 Å². The van der Waals surface area contributed by atoms with Crippen LogP contribution in [0.4, 0.5) is 5.69 Å². The number of rotatable bonds is 7. The van der Waals surface area contributed by atoms with Crippen LogP contribution in [-0.4, -0.2) is 23.3 Å². The van der Waals surface area contributed by atoms with Crippen molar-refractivity contribution in [2.75, 3.05) is 11.9 Å². The lowest BCUT2D eigenvalue weighted by Crippen LogP contribution is -2.25. The van der Waals surface area contributed by atoms with Crippen LogP contribution in [0.5, 0.6) is 0 Å². The Balaban J connectivity index is 2.25. The van der Waals surface area contributed by atoms with Gasteiger partial charge in [0.05, 0.1) is 0 Å². The summed E-state index contributed by atoms with van der Waals surface area (Å²) >= 11 is 0. The van der Waals surface area contributed by atoms with Gasteiger partial charge in [0.2, 0.25) is 0 Å². The molecule has 5 heteroatoms. The molecule has 25 heavy (non-hydrogen) atoms. The minimum atomic E-state index is -0.335. The van der Waals surface area contributed by atoms with Crippen LogP contribution >= 0.6 is 0 Å². The zero-order valence-electron chi connectivity index (χ0n) is 14.6. The number of pyridine rings is 1. The average molecular weight is 337 g/mol. The summed E-state index contributed by atoms with van der Waals surface area (Å²) in [6.45, 7) is 8.00. The van der Waals surface area contributed by atoms with Crippen molar-refractivity contribution in [3.05, 3.63) is 71.6 Å². The molecule has 0 unspecified atom stereocenters. The topological polar surface area (TPSA) is 71.1 Å². The van der Waals surface area contributed by atoms with Gasteiger partial charge in [-0.3, -0.25) is 9.59 Å². The number of hydrogen-bond acceptors (Lipinski definition) is 3. The molecular formula is C20H23N3O2. The minimum absolute atomic E-state index is 0.203. The molecule has 0 fully saturated rings. The van der Waals surface area contributed by atoms with Crippen LogP contribution in [-0.2, 0) is 12.8 Å². The molecule has 2 N–H and O–H groups in total. The van der Waals surface area contributed by atoms with Crippen LogP contribution in [0.3, 0.4) is 0 Å². The summed E-state index contributed by atoms with van der Waals surface area (Å²) in [4.78, 5) is 28.8. The zero-order chi connectivity index (χ0) is 18.2. The van der Waals surface area contributed by atoms with Gasteiger partial charge in [-0.1, -0.05) is 44.2 Å². The summed E-state index contributed by atoms with van der Waals surface area (Å²) in [7, 11) is 0. The molecule has 0 aliphatic rings. The number of aromatic nitrogens is 1. The van der Waals surface area contributed by atoms with Gasteiger partial charge in [0.25, 0.3) is 11.8 Å². The van der Waals surface area contributed by atoms with Crippen molar-refractivity contribution < 1.29 is 9.59 Å². The molecule has 0 aliphatic heterocycles. The monoisotopic (exact) mass is 337 g/mol. The number of benzene rings is 1. The van der Waals surface area contributed by atoms with Crippen LogP contribution in [0, 0.1) is 0 Å². The van der Waals surface area contributed by atoms with E-state index in [0.717, 1.165) is 29.7 Å². The van der Waals surface area contributed by atoms with E-state index in [4.69, 9.17) is 0 Å². The Labute approximate surface area is 148 Å². The van der Waals surface area contributed by atoms with Crippen LogP contribution in [0.25, 0.3) is 0 Å². The lowest BCUT2D eigenvalue weighted by atomic mass is 10.0. The van der Waals surface area contributed by atoms with E-state index >= 15 is 0 Å². The van der Waals surface area contributed by atoms with Gasteiger partial charge in [-0.2, -0.15) is 0 Å². The van der Waals surface area contributed by atoms with E-state index in [1.54, 1.807) is 24.3 Å². The Kier molecular flexibility index (Phi) is 6.46. The highest BCUT2D eigenvalue weighted by molar-refractivity contribution is 6.04. The van der Waals surface area contributed by atoms with E-state index in [9.17, 15) is 9.59 Å². The Morgan fingerprint density at radius 2 is 1.56 bits per heavy atom. The molecule has 0 spiro atoms. The Morgan fingerprint density at radius 1 is 1.00 bits per heavy atom. The predicted octanol–water partition coefficient (Wildman–Crippen LogP) is 3.37. The summed E-state index contributed by atoms with van der Waals surface area (Å²) < 4.78 is 0. The molecule has 1 aromatic carbocycles. The molecule has 0 bridgehead atoms. The molecular weight excluding hydrogens is 314 g/mol. The molecule has 0 atom stereocenters. The summed E-state index contributed by atoms with van der Waals surface area (Å²) in [6.07, 6.45) is 3.23. The second kappa shape index (κ2) is 8.78. The Morgan fingerprint density at radius 3 is 2.12 bits per heavy atom. The van der Waals surface area contributed by atoms with E-state index in [2.05, 4.69) is 22.2 Å². The van der Waals surface area contributed by atoms with Crippen molar-refractivity contribution in [3.63, 3.8) is 0 Å². The SMILES string of the molecule is C=CCNC(=O)c1cccc(C(=O)Nc2c(CC)cccc2CC)n1. The van der Waals surface area contributed by atoms with Crippen molar-refractivity contribution in [3.8, 4) is 0 Å². The molecule has 2 amide bonds. The van der Waals surface area contributed by atoms with Gasteiger partial charge < -0.3 is 10.6 Å². The van der Waals surface area contributed by atoms with Crippen molar-refractivity contribution in [1.29, 1.82) is 0 Å². The van der Waals surface area contributed by atoms with Crippen molar-refractivity contribution in [2.45, 2.75) is 26.7 Å². The first-order valence-electron chi connectivity index (χ1n) is 8.38. The van der Waals surface area contributed by atoms with E-state index in [-0.39, 0.29) is 23.2 Å². The summed E-state index contributed by atoms with van der Waals surface area (Å²) in [6, 6.07) is 10.8. The minimum Gasteiger partial charge on any atom is -0.347 e. The molecule has 0 radical (unpaired) electrons. The van der Waals surface area contributed by atoms with E-state index in [1.807, 2.05) is 32.0 Å². The van der Waals surface area contributed by atoms with E-state index < -0.39 is 0 Å². The second-order valence-corrected chi connectivity index (χ2v) is 5.52. The van der Waals surface area contributed by atoms with Crippen LogP contribution in [0.2, 0.25) is 0 Å². The molecule has 130 valence electrons. The number of para-hydroxylation sites is 1. The van der Waals surface area contributed by atoms with Gasteiger partial charge in [0.1, 0.15) is 11.4 Å². The second-order valence-electron chi connectivity index (χ2n) is 5.52. The number of carbonyl (C=O) groups is 2. The maximum Gasteiger partial charge on any atom is 0.274 e. The number of amides is 2. The molecule has 1 aromatic heterocycles. The third-order valence-electron chi connectivity index (χ3n) is 3.86. The molecule has 5 nitrogen and oxygen atoms in total. The fourth-order valence-corrected chi connectivity index (χ4v) is 2.52. The van der Waals surface area contributed by atoms with Crippen LogP contribution < -0.4 is 10.6 Å². The molecule has 0 saturated carbocycles. The lowest BCUT2D eigenvalue weighted by Gasteiger charge is -2.14. The Hall–Kier alpha value is -2.95. The van der Waals surface area contributed by atoms with E-state index in [1.165, 1.54) is 0 Å². The Bertz CT molecular complexity index is 762. The lowest BCUT2D eigenvalue weighted by molar-refractivity contribution is 0.0953. The molecule has 0 saturated heterocycles. The molecule has 0 aliphatic carbocycles. The zero-order valence-corrected chi connectivity index (χ0v) is 14.6. The number of carbonyl (C=O) groups excluding carboxylic acids is 2. The molecule has 2 rings (SSSR count). The number of anilines is 1. The summed E-state index contributed by atoms with van der Waals surface area (Å²) in [5.74, 6) is -0.660. The first kappa shape index (κ1) is 18.4. The first-order chi connectivity index (χ1) is 12.1. The van der Waals surface area contributed by atoms with Crippen molar-refractivity contribution >= 4 is 17.5 Å². The average Bonchev–Trinajstić information content (AvgIpc) is 2.66. The summed E-state index contributed by atoms with van der Waals surface area (Å²) in [5.41, 5.74) is 3.40. The highest BCUT2D eigenvalue weighted by Gasteiger charge is 2.15. The molecule has 2 aromatic rings. The standard InChI is InChI=1S/C20H23N3O2/c1-4-13-21-19(24)16-11-8-12-17(22-16)20(25)23-18-14(5-2)9-7-10-15(18)6-3/h4,7-12H,1,5-6,13H2,2-3H3,(H,21,24)(H,23,25). The maximum absolute atomic E-state index is 12.6. The van der Waals surface area contributed by atoms with Gasteiger partial charge in [-0.05, 0) is 36.1 Å². The third kappa shape index (κ3) is 4.53. The van der Waals surface area contributed by atoms with Crippen LogP contribution in [0.15, 0.2) is 49.1 Å². The predicted molar refractivity (Wildman–Crippen MR) is 99.9 cm³/mol. The maximum atomic E-state index is 12.6.